The molecule has 156 valence electrons. The second-order valence-electron chi connectivity index (χ2n) is 7.94. The molecule has 29 heavy (non-hydrogen) atoms. The van der Waals surface area contributed by atoms with Gasteiger partial charge in [0.2, 0.25) is 0 Å². The molecule has 1 aromatic rings. The average molecular weight is 422 g/mol. The number of carbonyl (C=O) groups is 2. The minimum Gasteiger partial charge on any atom is -0.363 e. The van der Waals surface area contributed by atoms with Crippen LogP contribution in [0.4, 0.5) is 16.2 Å². The van der Waals surface area contributed by atoms with Gasteiger partial charge in [-0.25, -0.2) is 9.69 Å². The number of hydrogen-bond donors (Lipinski definition) is 1. The van der Waals surface area contributed by atoms with Gasteiger partial charge in [-0.05, 0) is 25.0 Å². The molecule has 2 aliphatic heterocycles. The summed E-state index contributed by atoms with van der Waals surface area (Å²) >= 11 is 5.90. The number of benzene rings is 1. The number of nitro benzene ring substituents is 1. The predicted octanol–water partition coefficient (Wildman–Crippen LogP) is 2.58. The standard InChI is InChI=1S/C19H24ClN5O4/c20-14-4-5-15(16(12-14)25(28)29)23-10-8-22(9-11-23)13-24-17(26)19(21-18(24)27)6-2-1-3-7-19/h4-5,12H,1-3,6-11,13H2,(H,21,27). The molecule has 3 aliphatic rings. The average Bonchev–Trinajstić information content (AvgIpc) is 2.93. The second-order valence-corrected chi connectivity index (χ2v) is 8.38. The maximum absolute atomic E-state index is 12.9. The Hall–Kier alpha value is -2.39. The van der Waals surface area contributed by atoms with Gasteiger partial charge in [-0.1, -0.05) is 30.9 Å². The molecule has 0 atom stereocenters. The summed E-state index contributed by atoms with van der Waals surface area (Å²) in [5.74, 6) is -0.113. The summed E-state index contributed by atoms with van der Waals surface area (Å²) < 4.78 is 0. The van der Waals surface area contributed by atoms with Gasteiger partial charge in [0, 0.05) is 37.3 Å². The summed E-state index contributed by atoms with van der Waals surface area (Å²) in [6.07, 6.45) is 4.44. The number of carbonyl (C=O) groups excluding carboxylic acids is 2. The third-order valence-corrected chi connectivity index (χ3v) is 6.38. The number of nitrogens with one attached hydrogen (secondary N) is 1. The SMILES string of the molecule is O=C1NC2(CCCCC2)C(=O)N1CN1CCN(c2ccc(Cl)cc2[N+](=O)[O-])CC1. The molecule has 0 unspecified atom stereocenters. The molecule has 1 saturated carbocycles. The highest BCUT2D eigenvalue weighted by atomic mass is 35.5. The quantitative estimate of drug-likeness (QED) is 0.455. The first kappa shape index (κ1) is 19.9. The van der Waals surface area contributed by atoms with E-state index in [1.54, 1.807) is 12.1 Å². The zero-order chi connectivity index (χ0) is 20.6. The highest BCUT2D eigenvalue weighted by Crippen LogP contribution is 2.34. The fourth-order valence-corrected chi connectivity index (χ4v) is 4.71. The van der Waals surface area contributed by atoms with E-state index in [-0.39, 0.29) is 24.3 Å². The van der Waals surface area contributed by atoms with E-state index in [0.29, 0.717) is 49.7 Å². The summed E-state index contributed by atoms with van der Waals surface area (Å²) in [5, 5.41) is 14.6. The van der Waals surface area contributed by atoms with Crippen molar-refractivity contribution in [3.8, 4) is 0 Å². The summed E-state index contributed by atoms with van der Waals surface area (Å²) in [6, 6.07) is 4.36. The Labute approximate surface area is 173 Å². The van der Waals surface area contributed by atoms with E-state index in [1.165, 1.54) is 11.0 Å². The lowest BCUT2D eigenvalue weighted by molar-refractivity contribution is -0.384. The molecule has 10 heteroatoms. The van der Waals surface area contributed by atoms with E-state index >= 15 is 0 Å². The van der Waals surface area contributed by atoms with E-state index in [2.05, 4.69) is 5.32 Å². The van der Waals surface area contributed by atoms with Crippen molar-refractivity contribution in [2.75, 3.05) is 37.7 Å². The Kier molecular flexibility index (Phi) is 5.35. The second kappa shape index (κ2) is 7.79. The van der Waals surface area contributed by atoms with Crippen LogP contribution >= 0.6 is 11.6 Å². The Bertz CT molecular complexity index is 834. The van der Waals surface area contributed by atoms with Crippen LogP contribution in [-0.2, 0) is 4.79 Å². The molecule has 3 amide bonds. The van der Waals surface area contributed by atoms with Gasteiger partial charge in [0.15, 0.2) is 0 Å². The van der Waals surface area contributed by atoms with E-state index in [0.717, 1.165) is 19.3 Å². The summed E-state index contributed by atoms with van der Waals surface area (Å²) in [6.45, 7) is 2.59. The van der Waals surface area contributed by atoms with Crippen molar-refractivity contribution in [1.82, 2.24) is 15.1 Å². The fraction of sp³-hybridized carbons (Fsp3) is 0.579. The number of nitro groups is 1. The molecular weight excluding hydrogens is 398 g/mol. The number of amides is 3. The normalized spacial score (nSPS) is 22.2. The highest BCUT2D eigenvalue weighted by Gasteiger charge is 2.51. The van der Waals surface area contributed by atoms with Crippen molar-refractivity contribution in [1.29, 1.82) is 0 Å². The summed E-state index contributed by atoms with van der Waals surface area (Å²) in [7, 11) is 0. The Balaban J connectivity index is 1.39. The predicted molar refractivity (Wildman–Crippen MR) is 108 cm³/mol. The van der Waals surface area contributed by atoms with Gasteiger partial charge in [-0.2, -0.15) is 0 Å². The molecule has 0 aromatic heterocycles. The van der Waals surface area contributed by atoms with Gasteiger partial charge in [0.1, 0.15) is 11.2 Å². The molecule has 0 radical (unpaired) electrons. The first-order valence-electron chi connectivity index (χ1n) is 9.95. The zero-order valence-electron chi connectivity index (χ0n) is 16.1. The van der Waals surface area contributed by atoms with Gasteiger partial charge < -0.3 is 10.2 Å². The highest BCUT2D eigenvalue weighted by molar-refractivity contribution is 6.30. The van der Waals surface area contributed by atoms with Crippen LogP contribution in [0.2, 0.25) is 5.02 Å². The third kappa shape index (κ3) is 3.76. The van der Waals surface area contributed by atoms with Crippen LogP contribution in [0.3, 0.4) is 0 Å². The third-order valence-electron chi connectivity index (χ3n) is 6.14. The molecule has 9 nitrogen and oxygen atoms in total. The van der Waals surface area contributed by atoms with E-state index < -0.39 is 10.5 Å². The number of hydrogen-bond acceptors (Lipinski definition) is 6. The fourth-order valence-electron chi connectivity index (χ4n) is 4.54. The van der Waals surface area contributed by atoms with Crippen molar-refractivity contribution < 1.29 is 14.5 Å². The number of anilines is 1. The van der Waals surface area contributed by atoms with Crippen molar-refractivity contribution in [2.45, 2.75) is 37.6 Å². The number of urea groups is 1. The van der Waals surface area contributed by atoms with Crippen LogP contribution in [0.15, 0.2) is 18.2 Å². The Morgan fingerprint density at radius 2 is 1.79 bits per heavy atom. The van der Waals surface area contributed by atoms with E-state index in [4.69, 9.17) is 11.6 Å². The maximum Gasteiger partial charge on any atom is 0.326 e. The number of halogens is 1. The number of imide groups is 1. The van der Waals surface area contributed by atoms with E-state index in [1.807, 2.05) is 9.80 Å². The number of piperazine rings is 1. The van der Waals surface area contributed by atoms with Crippen LogP contribution in [0.1, 0.15) is 32.1 Å². The molecule has 4 rings (SSSR count). The van der Waals surface area contributed by atoms with Crippen LogP contribution in [0, 0.1) is 10.1 Å². The van der Waals surface area contributed by atoms with Crippen molar-refractivity contribution >= 4 is 34.9 Å². The van der Waals surface area contributed by atoms with Gasteiger partial charge in [0.25, 0.3) is 11.6 Å². The lowest BCUT2D eigenvalue weighted by atomic mass is 9.82. The molecular formula is C19H24ClN5O4. The zero-order valence-corrected chi connectivity index (χ0v) is 16.9. The van der Waals surface area contributed by atoms with Crippen molar-refractivity contribution in [3.63, 3.8) is 0 Å². The van der Waals surface area contributed by atoms with Gasteiger partial charge in [-0.15, -0.1) is 0 Å². The van der Waals surface area contributed by atoms with Gasteiger partial charge in [0.05, 0.1) is 11.6 Å². The van der Waals surface area contributed by atoms with Crippen LogP contribution < -0.4 is 10.2 Å². The van der Waals surface area contributed by atoms with Crippen molar-refractivity contribution in [3.05, 3.63) is 33.3 Å². The molecule has 1 aromatic carbocycles. The minimum atomic E-state index is -0.707. The molecule has 2 saturated heterocycles. The summed E-state index contributed by atoms with van der Waals surface area (Å²) in [5.41, 5.74) is -0.185. The monoisotopic (exact) mass is 421 g/mol. The van der Waals surface area contributed by atoms with Crippen LogP contribution in [-0.4, -0.2) is 65.0 Å². The lowest BCUT2D eigenvalue weighted by Crippen LogP contribution is -2.52. The lowest BCUT2D eigenvalue weighted by Gasteiger charge is -2.37. The molecule has 3 fully saturated rings. The number of rotatable bonds is 4. The van der Waals surface area contributed by atoms with Crippen molar-refractivity contribution in [2.24, 2.45) is 0 Å². The molecule has 1 N–H and O–H groups in total. The molecule has 1 spiro atoms. The van der Waals surface area contributed by atoms with Crippen LogP contribution in [0.5, 0.6) is 0 Å². The first-order valence-corrected chi connectivity index (χ1v) is 10.3. The Morgan fingerprint density at radius 1 is 1.10 bits per heavy atom. The van der Waals surface area contributed by atoms with Gasteiger partial charge >= 0.3 is 6.03 Å². The largest absolute Gasteiger partial charge is 0.363 e. The Morgan fingerprint density at radius 3 is 2.45 bits per heavy atom. The molecule has 1 aliphatic carbocycles. The minimum absolute atomic E-state index is 0.0145. The smallest absolute Gasteiger partial charge is 0.326 e. The molecule has 0 bridgehead atoms. The number of nitrogens with zero attached hydrogens (tertiary/aromatic N) is 4. The summed E-state index contributed by atoms with van der Waals surface area (Å²) in [4.78, 5) is 41.6. The topological polar surface area (TPSA) is 99.0 Å². The van der Waals surface area contributed by atoms with E-state index in [9.17, 15) is 19.7 Å². The molecule has 2 heterocycles. The maximum atomic E-state index is 12.9. The van der Waals surface area contributed by atoms with Crippen LogP contribution in [0.25, 0.3) is 0 Å². The van der Waals surface area contributed by atoms with Gasteiger partial charge in [-0.3, -0.25) is 19.8 Å². The first-order chi connectivity index (χ1) is 13.9.